The minimum atomic E-state index is -0.991. The van der Waals surface area contributed by atoms with Gasteiger partial charge in [0, 0.05) is 43.9 Å². The van der Waals surface area contributed by atoms with Gasteiger partial charge in [-0.1, -0.05) is 20.8 Å². The Morgan fingerprint density at radius 1 is 1.30 bits per heavy atom. The first-order chi connectivity index (χ1) is 21.0. The van der Waals surface area contributed by atoms with Gasteiger partial charge in [-0.2, -0.15) is 9.37 Å². The van der Waals surface area contributed by atoms with E-state index in [1.54, 1.807) is 18.2 Å². The zero-order valence-corrected chi connectivity index (χ0v) is 25.4. The summed E-state index contributed by atoms with van der Waals surface area (Å²) in [4.78, 5) is 29.4. The highest BCUT2D eigenvalue weighted by Gasteiger charge is 2.30. The van der Waals surface area contributed by atoms with Crippen molar-refractivity contribution >= 4 is 16.9 Å². The molecule has 0 amide bonds. The van der Waals surface area contributed by atoms with Gasteiger partial charge < -0.3 is 20.1 Å². The Morgan fingerprint density at radius 2 is 2.05 bits per heavy atom. The maximum absolute atomic E-state index is 15.7. The molecule has 3 aromatic heterocycles. The van der Waals surface area contributed by atoms with Crippen LogP contribution in [-0.4, -0.2) is 62.5 Å². The minimum Gasteiger partial charge on any atom is -0.486 e. The van der Waals surface area contributed by atoms with Crippen molar-refractivity contribution in [2.24, 2.45) is 0 Å². The normalized spacial score (nSPS) is 18.5. The second-order valence-corrected chi connectivity index (χ2v) is 11.1. The summed E-state index contributed by atoms with van der Waals surface area (Å²) in [6.45, 7) is 10.4. The molecule has 4 heterocycles. The monoisotopic (exact) mass is 610 g/mol. The fourth-order valence-electron chi connectivity index (χ4n) is 5.06. The van der Waals surface area contributed by atoms with Crippen molar-refractivity contribution in [3.05, 3.63) is 69.8 Å². The fourth-order valence-corrected chi connectivity index (χ4v) is 5.06. The van der Waals surface area contributed by atoms with Crippen LogP contribution in [0.3, 0.4) is 0 Å². The SMILES string of the molecule is C#C/C(F)=C\C=C(\F)Cc1nc2c(cc1F)c(N1C[C@@H](C)NC[C@@H]1C)nc(=O)n2-c1c(O[C@@H](CC)CO)ccnc1C(C)C. The smallest absolute Gasteiger partial charge is 0.356 e. The summed E-state index contributed by atoms with van der Waals surface area (Å²) in [6.07, 6.45) is 7.36. The molecule has 1 saturated heterocycles. The largest absolute Gasteiger partial charge is 0.486 e. The number of ether oxygens (including phenoxy) is 1. The number of rotatable bonds is 10. The van der Waals surface area contributed by atoms with Crippen molar-refractivity contribution in [1.29, 1.82) is 0 Å². The molecule has 0 aliphatic carbocycles. The van der Waals surface area contributed by atoms with Crippen LogP contribution >= 0.6 is 0 Å². The molecule has 3 atom stereocenters. The molecule has 1 fully saturated rings. The minimum absolute atomic E-state index is 0.0183. The van der Waals surface area contributed by atoms with E-state index in [9.17, 15) is 18.7 Å². The van der Waals surface area contributed by atoms with E-state index in [0.717, 1.165) is 12.2 Å². The summed E-state index contributed by atoms with van der Waals surface area (Å²) in [5, 5.41) is 13.5. The molecule has 2 N–H and O–H groups in total. The van der Waals surface area contributed by atoms with Crippen LogP contribution in [0.5, 0.6) is 5.75 Å². The lowest BCUT2D eigenvalue weighted by Crippen LogP contribution is -2.55. The molecule has 3 aromatic rings. The second kappa shape index (κ2) is 14.1. The number of hydrogen-bond donors (Lipinski definition) is 2. The van der Waals surface area contributed by atoms with E-state index >= 15 is 4.39 Å². The summed E-state index contributed by atoms with van der Waals surface area (Å²) >= 11 is 0. The molecule has 0 saturated carbocycles. The maximum Gasteiger partial charge on any atom is 0.356 e. The lowest BCUT2D eigenvalue weighted by atomic mass is 10.1. The van der Waals surface area contributed by atoms with Crippen molar-refractivity contribution in [2.75, 3.05) is 24.6 Å². The molecule has 0 unspecified atom stereocenters. The number of aliphatic hydroxyl groups is 1. The lowest BCUT2D eigenvalue weighted by Gasteiger charge is -2.38. The molecule has 4 rings (SSSR count). The number of anilines is 1. The molecule has 0 bridgehead atoms. The molecular weight excluding hydrogens is 573 g/mol. The molecule has 44 heavy (non-hydrogen) atoms. The van der Waals surface area contributed by atoms with Gasteiger partial charge in [0.15, 0.2) is 11.5 Å². The third-order valence-electron chi connectivity index (χ3n) is 7.43. The quantitative estimate of drug-likeness (QED) is 0.253. The average Bonchev–Trinajstić information content (AvgIpc) is 3.00. The molecule has 234 valence electrons. The molecule has 0 radical (unpaired) electrons. The number of aliphatic hydroxyl groups excluding tert-OH is 1. The van der Waals surface area contributed by atoms with Crippen LogP contribution in [0.4, 0.5) is 19.0 Å². The number of pyridine rings is 2. The van der Waals surface area contributed by atoms with Crippen LogP contribution in [0.15, 0.2) is 46.9 Å². The Kier molecular flexibility index (Phi) is 10.4. The topological polar surface area (TPSA) is 105 Å². The van der Waals surface area contributed by atoms with Crippen molar-refractivity contribution < 1.29 is 23.0 Å². The number of nitrogens with one attached hydrogen (secondary N) is 1. The van der Waals surface area contributed by atoms with Crippen molar-refractivity contribution in [3.8, 4) is 23.8 Å². The Morgan fingerprint density at radius 3 is 2.70 bits per heavy atom. The molecule has 1 aliphatic heterocycles. The van der Waals surface area contributed by atoms with Gasteiger partial charge in [0.2, 0.25) is 0 Å². The lowest BCUT2D eigenvalue weighted by molar-refractivity contribution is 0.112. The number of nitrogens with zero attached hydrogens (tertiary/aromatic N) is 5. The fraction of sp³-hybridized carbons (Fsp3) is 0.438. The Balaban J connectivity index is 2.06. The van der Waals surface area contributed by atoms with Gasteiger partial charge in [0.1, 0.15) is 35.0 Å². The van der Waals surface area contributed by atoms with Gasteiger partial charge in [-0.3, -0.25) is 4.98 Å². The summed E-state index contributed by atoms with van der Waals surface area (Å²) in [5.74, 6) is -0.673. The number of aromatic nitrogens is 4. The van der Waals surface area contributed by atoms with Gasteiger partial charge in [-0.05, 0) is 50.3 Å². The standard InChI is InChI=1S/C32H37F3N6O3/c1-7-21(33)9-10-22(34)13-26-25(35)14-24-30(40-16-19(5)37-15-20(40)6)39-32(43)41(31(24)38-26)29-27(44-23(8-2)17-42)11-12-36-28(29)18(3)4/h1,9-12,14,18-20,23,37,42H,8,13,15-17H2,2-6H3/b21-9+,22-10+/t19-,20+,23+/m1/s1. The Bertz CT molecular complexity index is 1680. The second-order valence-electron chi connectivity index (χ2n) is 11.1. The Labute approximate surface area is 254 Å². The highest BCUT2D eigenvalue weighted by atomic mass is 19.1. The predicted molar refractivity (Wildman–Crippen MR) is 164 cm³/mol. The van der Waals surface area contributed by atoms with Gasteiger partial charge in [-0.25, -0.2) is 23.1 Å². The third kappa shape index (κ3) is 6.95. The van der Waals surface area contributed by atoms with Crippen LogP contribution in [0.2, 0.25) is 0 Å². The summed E-state index contributed by atoms with van der Waals surface area (Å²) in [7, 11) is 0. The van der Waals surface area contributed by atoms with Gasteiger partial charge in [-0.15, -0.1) is 6.42 Å². The first-order valence-corrected chi connectivity index (χ1v) is 14.6. The predicted octanol–water partition coefficient (Wildman–Crippen LogP) is 4.66. The zero-order valence-electron chi connectivity index (χ0n) is 25.4. The van der Waals surface area contributed by atoms with Gasteiger partial charge >= 0.3 is 5.69 Å². The van der Waals surface area contributed by atoms with E-state index in [1.807, 2.05) is 39.5 Å². The van der Waals surface area contributed by atoms with E-state index in [4.69, 9.17) is 11.2 Å². The van der Waals surface area contributed by atoms with E-state index < -0.39 is 35.7 Å². The molecule has 1 aliphatic rings. The van der Waals surface area contributed by atoms with Crippen LogP contribution < -0.4 is 20.6 Å². The average molecular weight is 611 g/mol. The highest BCUT2D eigenvalue weighted by Crippen LogP contribution is 2.34. The summed E-state index contributed by atoms with van der Waals surface area (Å²) in [5.41, 5.74) is -0.295. The molecule has 0 aromatic carbocycles. The van der Waals surface area contributed by atoms with Gasteiger partial charge in [0.25, 0.3) is 0 Å². The van der Waals surface area contributed by atoms with E-state index in [-0.39, 0.29) is 58.6 Å². The van der Waals surface area contributed by atoms with Crippen LogP contribution in [0.1, 0.15) is 58.3 Å². The van der Waals surface area contributed by atoms with Crippen LogP contribution in [0.25, 0.3) is 16.7 Å². The zero-order chi connectivity index (χ0) is 32.1. The number of terminal acetylenes is 1. The van der Waals surface area contributed by atoms with E-state index in [1.165, 1.54) is 10.6 Å². The highest BCUT2D eigenvalue weighted by molar-refractivity contribution is 5.89. The van der Waals surface area contributed by atoms with Crippen LogP contribution in [0, 0.1) is 18.2 Å². The van der Waals surface area contributed by atoms with Crippen molar-refractivity contribution in [2.45, 2.75) is 71.6 Å². The Hall–Kier alpha value is -4.21. The van der Waals surface area contributed by atoms with E-state index in [0.29, 0.717) is 25.2 Å². The molecule has 12 heteroatoms. The molecular formula is C32H37F3N6O3. The van der Waals surface area contributed by atoms with Gasteiger partial charge in [0.05, 0.1) is 23.4 Å². The number of hydrogen-bond acceptors (Lipinski definition) is 8. The molecule has 9 nitrogen and oxygen atoms in total. The first kappa shape index (κ1) is 32.7. The van der Waals surface area contributed by atoms with Crippen molar-refractivity contribution in [3.63, 3.8) is 0 Å². The number of halogens is 3. The number of allylic oxidation sites excluding steroid dienone is 4. The maximum atomic E-state index is 15.7. The van der Waals surface area contributed by atoms with Crippen molar-refractivity contribution in [1.82, 2.24) is 24.8 Å². The van der Waals surface area contributed by atoms with Crippen LogP contribution in [-0.2, 0) is 6.42 Å². The third-order valence-corrected chi connectivity index (χ3v) is 7.43. The summed E-state index contributed by atoms with van der Waals surface area (Å²) < 4.78 is 51.2. The van der Waals surface area contributed by atoms with E-state index in [2.05, 4.69) is 20.3 Å². The summed E-state index contributed by atoms with van der Waals surface area (Å²) in [6, 6.07) is 2.74. The molecule has 0 spiro atoms. The number of fused-ring (bicyclic) bond motifs is 1. The first-order valence-electron chi connectivity index (χ1n) is 14.6. The number of piperazine rings is 1.